The van der Waals surface area contributed by atoms with Gasteiger partial charge in [-0.3, -0.25) is 9.59 Å². The lowest BCUT2D eigenvalue weighted by Crippen LogP contribution is -2.29. The fourth-order valence-corrected chi connectivity index (χ4v) is 2.88. The molecule has 3 aromatic rings. The topological polar surface area (TPSA) is 85.3 Å². The first kappa shape index (κ1) is 17.6. The van der Waals surface area contributed by atoms with E-state index in [1.54, 1.807) is 18.7 Å². The molecule has 1 amide bonds. The Balaban J connectivity index is 1.69. The molecule has 0 radical (unpaired) electrons. The van der Waals surface area contributed by atoms with E-state index in [1.807, 2.05) is 24.4 Å². The number of benzene rings is 1. The zero-order valence-electron chi connectivity index (χ0n) is 15.0. The summed E-state index contributed by atoms with van der Waals surface area (Å²) >= 11 is 0. The van der Waals surface area contributed by atoms with Crippen LogP contribution in [0, 0.1) is 0 Å². The Kier molecular flexibility index (Phi) is 4.97. The smallest absolute Gasteiger partial charge is 0.268 e. The molecule has 7 heteroatoms. The summed E-state index contributed by atoms with van der Waals surface area (Å²) in [4.78, 5) is 27.4. The zero-order valence-corrected chi connectivity index (χ0v) is 15.0. The van der Waals surface area contributed by atoms with Gasteiger partial charge >= 0.3 is 0 Å². The van der Waals surface area contributed by atoms with Crippen LogP contribution in [0.15, 0.2) is 41.5 Å². The molecule has 1 aromatic carbocycles. The summed E-state index contributed by atoms with van der Waals surface area (Å²) in [5.41, 5.74) is 2.07. The first-order valence-corrected chi connectivity index (χ1v) is 8.20. The minimum atomic E-state index is -0.320. The maximum absolute atomic E-state index is 12.4. The van der Waals surface area contributed by atoms with Gasteiger partial charge < -0.3 is 24.3 Å². The Morgan fingerprint density at radius 3 is 2.77 bits per heavy atom. The Bertz CT molecular complexity index is 1000. The predicted octanol–water partition coefficient (Wildman–Crippen LogP) is 1.86. The molecule has 0 atom stereocenters. The van der Waals surface area contributed by atoms with Crippen LogP contribution in [0.25, 0.3) is 10.9 Å². The van der Waals surface area contributed by atoms with E-state index in [4.69, 9.17) is 9.47 Å². The molecular weight excluding hydrogens is 334 g/mol. The SMILES string of the molecule is COc1ccc2[nH]cc(CCNC(=O)c3cc(=O)c(OC)cn3C)c2c1. The van der Waals surface area contributed by atoms with Crippen LogP contribution in [-0.4, -0.2) is 36.2 Å². The van der Waals surface area contributed by atoms with E-state index in [0.717, 1.165) is 22.2 Å². The van der Waals surface area contributed by atoms with Crippen molar-refractivity contribution >= 4 is 16.8 Å². The van der Waals surface area contributed by atoms with Crippen molar-refractivity contribution in [1.82, 2.24) is 14.9 Å². The second-order valence-electron chi connectivity index (χ2n) is 5.93. The summed E-state index contributed by atoms with van der Waals surface area (Å²) in [6, 6.07) is 7.11. The lowest BCUT2D eigenvalue weighted by atomic mass is 10.1. The van der Waals surface area contributed by atoms with Crippen molar-refractivity contribution < 1.29 is 14.3 Å². The van der Waals surface area contributed by atoms with Crippen LogP contribution in [0.2, 0.25) is 0 Å². The molecule has 2 N–H and O–H groups in total. The fourth-order valence-electron chi connectivity index (χ4n) is 2.88. The quantitative estimate of drug-likeness (QED) is 0.707. The van der Waals surface area contributed by atoms with Crippen molar-refractivity contribution in [3.8, 4) is 11.5 Å². The Hall–Kier alpha value is -3.22. The number of hydrogen-bond acceptors (Lipinski definition) is 4. The number of amides is 1. The molecule has 3 rings (SSSR count). The number of nitrogens with zero attached hydrogens (tertiary/aromatic N) is 1. The second-order valence-corrected chi connectivity index (χ2v) is 5.93. The Morgan fingerprint density at radius 2 is 2.04 bits per heavy atom. The van der Waals surface area contributed by atoms with Gasteiger partial charge in [-0.25, -0.2) is 0 Å². The predicted molar refractivity (Wildman–Crippen MR) is 99.1 cm³/mol. The van der Waals surface area contributed by atoms with Gasteiger partial charge in [-0.15, -0.1) is 0 Å². The summed E-state index contributed by atoms with van der Waals surface area (Å²) in [5.74, 6) is 0.692. The number of aromatic nitrogens is 2. The van der Waals surface area contributed by atoms with Crippen LogP contribution < -0.4 is 20.2 Å². The molecule has 7 nitrogen and oxygen atoms in total. The first-order chi connectivity index (χ1) is 12.5. The first-order valence-electron chi connectivity index (χ1n) is 8.20. The number of aryl methyl sites for hydroxylation is 1. The summed E-state index contributed by atoms with van der Waals surface area (Å²) < 4.78 is 11.8. The van der Waals surface area contributed by atoms with Gasteiger partial charge in [-0.1, -0.05) is 0 Å². The van der Waals surface area contributed by atoms with Gasteiger partial charge in [0.2, 0.25) is 5.43 Å². The van der Waals surface area contributed by atoms with E-state index in [0.29, 0.717) is 13.0 Å². The van der Waals surface area contributed by atoms with Crippen molar-refractivity contribution in [2.75, 3.05) is 20.8 Å². The molecule has 0 aliphatic rings. The number of pyridine rings is 1. The normalized spacial score (nSPS) is 10.7. The van der Waals surface area contributed by atoms with Crippen molar-refractivity contribution in [3.63, 3.8) is 0 Å². The van der Waals surface area contributed by atoms with Crippen molar-refractivity contribution in [2.24, 2.45) is 7.05 Å². The van der Waals surface area contributed by atoms with E-state index in [1.165, 1.54) is 19.4 Å². The van der Waals surface area contributed by atoms with E-state index < -0.39 is 0 Å². The molecule has 0 unspecified atom stereocenters. The molecule has 0 aliphatic carbocycles. The summed E-state index contributed by atoms with van der Waals surface area (Å²) in [7, 11) is 4.75. The molecule has 0 aliphatic heterocycles. The molecule has 26 heavy (non-hydrogen) atoms. The fraction of sp³-hybridized carbons (Fsp3) is 0.263. The molecule has 2 aromatic heterocycles. The molecule has 0 bridgehead atoms. The van der Waals surface area contributed by atoms with E-state index >= 15 is 0 Å². The summed E-state index contributed by atoms with van der Waals surface area (Å²) in [6.07, 6.45) is 4.09. The van der Waals surface area contributed by atoms with Gasteiger partial charge in [0.05, 0.1) is 20.4 Å². The van der Waals surface area contributed by atoms with Gasteiger partial charge in [0.15, 0.2) is 5.75 Å². The second kappa shape index (κ2) is 7.35. The minimum absolute atomic E-state index is 0.205. The number of methoxy groups -OCH3 is 2. The highest BCUT2D eigenvalue weighted by atomic mass is 16.5. The lowest BCUT2D eigenvalue weighted by Gasteiger charge is -2.10. The van der Waals surface area contributed by atoms with Crippen molar-refractivity contribution in [3.05, 3.63) is 58.1 Å². The van der Waals surface area contributed by atoms with E-state index in [9.17, 15) is 9.59 Å². The molecule has 0 spiro atoms. The van der Waals surface area contributed by atoms with Gasteiger partial charge in [0, 0.05) is 36.8 Å². The van der Waals surface area contributed by atoms with Gasteiger partial charge in [-0.2, -0.15) is 0 Å². The third-order valence-corrected chi connectivity index (χ3v) is 4.31. The van der Waals surface area contributed by atoms with Crippen molar-refractivity contribution in [2.45, 2.75) is 6.42 Å². The van der Waals surface area contributed by atoms with Gasteiger partial charge in [-0.05, 0) is 30.2 Å². The average Bonchev–Trinajstić information content (AvgIpc) is 3.05. The number of hydrogen-bond donors (Lipinski definition) is 2. The number of nitrogens with one attached hydrogen (secondary N) is 2. The highest BCUT2D eigenvalue weighted by Crippen LogP contribution is 2.23. The standard InChI is InChI=1S/C19H21N3O4/c1-22-11-18(26-3)17(23)9-16(22)19(24)20-7-6-12-10-21-15-5-4-13(25-2)8-14(12)15/h4-5,8-11,21H,6-7H2,1-3H3,(H,20,24). The van der Waals surface area contributed by atoms with Crippen LogP contribution >= 0.6 is 0 Å². The molecule has 0 fully saturated rings. The number of fused-ring (bicyclic) bond motifs is 1. The average molecular weight is 355 g/mol. The van der Waals surface area contributed by atoms with Crippen LogP contribution in [0.3, 0.4) is 0 Å². The Morgan fingerprint density at radius 1 is 1.23 bits per heavy atom. The van der Waals surface area contributed by atoms with Crippen LogP contribution in [0.4, 0.5) is 0 Å². The zero-order chi connectivity index (χ0) is 18.7. The number of H-pyrrole nitrogens is 1. The highest BCUT2D eigenvalue weighted by molar-refractivity contribution is 5.92. The monoisotopic (exact) mass is 355 g/mol. The molecular formula is C19H21N3O4. The van der Waals surface area contributed by atoms with Crippen molar-refractivity contribution in [1.29, 1.82) is 0 Å². The summed E-state index contributed by atoms with van der Waals surface area (Å²) in [6.45, 7) is 0.448. The number of aromatic amines is 1. The van der Waals surface area contributed by atoms with Crippen LogP contribution in [0.1, 0.15) is 16.1 Å². The molecule has 0 saturated carbocycles. The third kappa shape index (κ3) is 3.42. The lowest BCUT2D eigenvalue weighted by molar-refractivity contribution is 0.0945. The maximum Gasteiger partial charge on any atom is 0.268 e. The minimum Gasteiger partial charge on any atom is -0.497 e. The summed E-state index contributed by atoms with van der Waals surface area (Å²) in [5, 5.41) is 3.92. The number of carbonyl (C=O) groups is 1. The number of rotatable bonds is 6. The highest BCUT2D eigenvalue weighted by Gasteiger charge is 2.12. The largest absolute Gasteiger partial charge is 0.497 e. The number of ether oxygens (including phenoxy) is 2. The van der Waals surface area contributed by atoms with Crippen LogP contribution in [0.5, 0.6) is 11.5 Å². The Labute approximate surface area is 150 Å². The molecule has 136 valence electrons. The van der Waals surface area contributed by atoms with E-state index in [-0.39, 0.29) is 22.8 Å². The maximum atomic E-state index is 12.4. The third-order valence-electron chi connectivity index (χ3n) is 4.31. The van der Waals surface area contributed by atoms with Gasteiger partial charge in [0.1, 0.15) is 11.4 Å². The molecule has 0 saturated heterocycles. The molecule has 2 heterocycles. The van der Waals surface area contributed by atoms with E-state index in [2.05, 4.69) is 10.3 Å². The number of carbonyl (C=O) groups excluding carboxylic acids is 1. The van der Waals surface area contributed by atoms with Gasteiger partial charge in [0.25, 0.3) is 5.91 Å². The van der Waals surface area contributed by atoms with Crippen LogP contribution in [-0.2, 0) is 13.5 Å².